The molecule has 0 bridgehead atoms. The summed E-state index contributed by atoms with van der Waals surface area (Å²) < 4.78 is 20.1. The molecular weight excluding hydrogens is 427 g/mol. The molecule has 1 aromatic heterocycles. The number of benzene rings is 1. The van der Waals surface area contributed by atoms with Gasteiger partial charge in [-0.2, -0.15) is 10.4 Å². The summed E-state index contributed by atoms with van der Waals surface area (Å²) >= 11 is 0. The van der Waals surface area contributed by atoms with E-state index in [2.05, 4.69) is 16.5 Å². The zero-order chi connectivity index (χ0) is 24.0. The molecule has 2 amide bonds. The summed E-state index contributed by atoms with van der Waals surface area (Å²) in [5.41, 5.74) is 6.27. The van der Waals surface area contributed by atoms with Crippen LogP contribution in [0.3, 0.4) is 0 Å². The molecule has 0 aliphatic carbocycles. The van der Waals surface area contributed by atoms with E-state index < -0.39 is 5.91 Å². The highest BCUT2D eigenvalue weighted by Crippen LogP contribution is 2.33. The fraction of sp³-hybridized carbons (Fsp3) is 0.478. The molecule has 33 heavy (non-hydrogen) atoms. The molecule has 0 radical (unpaired) electrons. The van der Waals surface area contributed by atoms with Gasteiger partial charge in [-0.1, -0.05) is 13.8 Å². The van der Waals surface area contributed by atoms with Gasteiger partial charge in [0.1, 0.15) is 11.4 Å². The van der Waals surface area contributed by atoms with E-state index in [9.17, 15) is 19.2 Å². The molecule has 1 aromatic carbocycles. The zero-order valence-corrected chi connectivity index (χ0v) is 18.8. The van der Waals surface area contributed by atoms with E-state index in [4.69, 9.17) is 10.5 Å². The third-order valence-corrected chi connectivity index (χ3v) is 5.63. The Morgan fingerprint density at radius 2 is 1.97 bits per heavy atom. The van der Waals surface area contributed by atoms with Crippen molar-refractivity contribution >= 4 is 23.5 Å². The second-order valence-electron chi connectivity index (χ2n) is 8.59. The molecule has 1 aliphatic heterocycles. The molecule has 10 heteroatoms. The molecule has 1 fully saturated rings. The van der Waals surface area contributed by atoms with Gasteiger partial charge >= 0.3 is 6.09 Å². The number of nitrogens with two attached hydrogens (primary N) is 1. The van der Waals surface area contributed by atoms with Crippen LogP contribution in [0, 0.1) is 29.0 Å². The van der Waals surface area contributed by atoms with Crippen molar-refractivity contribution in [1.82, 2.24) is 14.7 Å². The van der Waals surface area contributed by atoms with Crippen LogP contribution in [0.1, 0.15) is 49.5 Å². The Hall–Kier alpha value is -3.61. The first-order valence-electron chi connectivity index (χ1n) is 11.0. The van der Waals surface area contributed by atoms with Gasteiger partial charge in [0.15, 0.2) is 5.82 Å². The second kappa shape index (κ2) is 10.8. The number of nitrogens with one attached hydrogen (secondary N) is 1. The quantitative estimate of drug-likeness (QED) is 0.622. The van der Waals surface area contributed by atoms with Gasteiger partial charge in [-0.15, -0.1) is 0 Å². The number of rotatable bonds is 8. The number of primary amides is 1. The van der Waals surface area contributed by atoms with Crippen molar-refractivity contribution in [3.63, 3.8) is 0 Å². The Morgan fingerprint density at radius 1 is 1.30 bits per heavy atom. The van der Waals surface area contributed by atoms with Gasteiger partial charge < -0.3 is 20.7 Å². The Morgan fingerprint density at radius 3 is 2.55 bits per heavy atom. The minimum Gasteiger partial charge on any atom is -0.449 e. The van der Waals surface area contributed by atoms with E-state index in [0.717, 1.165) is 0 Å². The number of carbonyl (C=O) groups is 2. The van der Waals surface area contributed by atoms with Crippen LogP contribution in [-0.2, 0) is 4.74 Å². The number of nitriles is 1. The van der Waals surface area contributed by atoms with Crippen molar-refractivity contribution in [3.05, 3.63) is 41.8 Å². The third-order valence-electron chi connectivity index (χ3n) is 5.63. The summed E-state index contributed by atoms with van der Waals surface area (Å²) in [6, 6.07) is 7.56. The molecule has 3 rings (SSSR count). The van der Waals surface area contributed by atoms with Crippen molar-refractivity contribution in [3.8, 4) is 6.07 Å². The van der Waals surface area contributed by atoms with Gasteiger partial charge in [0.2, 0.25) is 0 Å². The number of carbonyl (C=O) groups excluding carboxylic acids is 2. The fourth-order valence-corrected chi connectivity index (χ4v) is 3.87. The maximum absolute atomic E-state index is 13.2. The predicted octanol–water partition coefficient (Wildman–Crippen LogP) is 3.82. The lowest BCUT2D eigenvalue weighted by atomic mass is 9.88. The number of anilines is 2. The third kappa shape index (κ3) is 6.22. The van der Waals surface area contributed by atoms with Crippen molar-refractivity contribution in [2.75, 3.05) is 25.0 Å². The van der Waals surface area contributed by atoms with E-state index in [1.54, 1.807) is 15.8 Å². The monoisotopic (exact) mass is 456 g/mol. The molecule has 2 heterocycles. The molecule has 1 saturated heterocycles. The summed E-state index contributed by atoms with van der Waals surface area (Å²) in [7, 11) is 0. The predicted molar refractivity (Wildman–Crippen MR) is 120 cm³/mol. The molecule has 3 N–H and O–H groups in total. The summed E-state index contributed by atoms with van der Waals surface area (Å²) in [6.45, 7) is 5.39. The maximum atomic E-state index is 13.2. The largest absolute Gasteiger partial charge is 0.449 e. The molecule has 0 unspecified atom stereocenters. The molecule has 0 spiro atoms. The zero-order valence-electron chi connectivity index (χ0n) is 18.8. The minimum absolute atomic E-state index is 0.0816. The minimum atomic E-state index is -0.663. The summed E-state index contributed by atoms with van der Waals surface area (Å²) in [4.78, 5) is 25.9. The normalized spacial score (nSPS) is 15.2. The number of hydrogen-bond acceptors (Lipinski definition) is 6. The van der Waals surface area contributed by atoms with Crippen LogP contribution in [0.5, 0.6) is 0 Å². The molecular formula is C23H29FN6O3. The Kier molecular flexibility index (Phi) is 7.87. The number of amides is 2. The van der Waals surface area contributed by atoms with E-state index in [1.807, 2.05) is 13.8 Å². The van der Waals surface area contributed by atoms with Crippen LogP contribution in [0.25, 0.3) is 0 Å². The molecule has 2 aromatic rings. The summed E-state index contributed by atoms with van der Waals surface area (Å²) in [6.07, 6.45) is 2.77. The lowest BCUT2D eigenvalue weighted by Gasteiger charge is -2.35. The van der Waals surface area contributed by atoms with Gasteiger partial charge in [0.25, 0.3) is 5.91 Å². The van der Waals surface area contributed by atoms with Crippen molar-refractivity contribution in [2.45, 2.75) is 39.2 Å². The van der Waals surface area contributed by atoms with E-state index in [-0.39, 0.29) is 47.6 Å². The average Bonchev–Trinajstić information content (AvgIpc) is 3.21. The van der Waals surface area contributed by atoms with Gasteiger partial charge in [-0.25, -0.2) is 9.18 Å². The van der Waals surface area contributed by atoms with E-state index in [1.165, 1.54) is 24.3 Å². The van der Waals surface area contributed by atoms with Crippen LogP contribution in [0.4, 0.5) is 20.7 Å². The van der Waals surface area contributed by atoms with Crippen molar-refractivity contribution in [2.24, 2.45) is 17.6 Å². The molecule has 176 valence electrons. The van der Waals surface area contributed by atoms with Crippen molar-refractivity contribution < 1.29 is 18.7 Å². The SMILES string of the molecule is CC(C)COC(=O)N1CCC([C@@H](CC#N)n2cc(C(N)=O)c(Nc3ccc(F)cc3)n2)CC1. The first-order valence-corrected chi connectivity index (χ1v) is 11.0. The van der Waals surface area contributed by atoms with Crippen LogP contribution >= 0.6 is 0 Å². The van der Waals surface area contributed by atoms with E-state index in [0.29, 0.717) is 38.2 Å². The number of ether oxygens (including phenoxy) is 1. The number of halogens is 1. The first kappa shape index (κ1) is 24.0. The van der Waals surface area contributed by atoms with Crippen LogP contribution in [0.2, 0.25) is 0 Å². The van der Waals surface area contributed by atoms with Crippen molar-refractivity contribution in [1.29, 1.82) is 5.26 Å². The molecule has 1 aliphatic rings. The van der Waals surface area contributed by atoms with E-state index >= 15 is 0 Å². The number of piperidine rings is 1. The van der Waals surface area contributed by atoms with Gasteiger partial charge in [0, 0.05) is 25.0 Å². The molecule has 1 atom stereocenters. The first-order chi connectivity index (χ1) is 15.8. The summed E-state index contributed by atoms with van der Waals surface area (Å²) in [5, 5.41) is 16.9. The highest BCUT2D eigenvalue weighted by molar-refractivity contribution is 5.98. The second-order valence-corrected chi connectivity index (χ2v) is 8.59. The Balaban J connectivity index is 1.74. The Bertz CT molecular complexity index is 1010. The fourth-order valence-electron chi connectivity index (χ4n) is 3.87. The number of nitrogens with zero attached hydrogens (tertiary/aromatic N) is 4. The topological polar surface area (TPSA) is 126 Å². The van der Waals surface area contributed by atoms with Gasteiger partial charge in [0.05, 0.1) is 25.1 Å². The maximum Gasteiger partial charge on any atom is 0.409 e. The lowest BCUT2D eigenvalue weighted by molar-refractivity contribution is 0.0727. The lowest BCUT2D eigenvalue weighted by Crippen LogP contribution is -2.41. The molecule has 0 saturated carbocycles. The summed E-state index contributed by atoms with van der Waals surface area (Å²) in [5.74, 6) is -0.452. The number of aromatic nitrogens is 2. The highest BCUT2D eigenvalue weighted by Gasteiger charge is 2.31. The van der Waals surface area contributed by atoms with Crippen LogP contribution < -0.4 is 11.1 Å². The Labute approximate surface area is 192 Å². The van der Waals surface area contributed by atoms with Crippen LogP contribution in [0.15, 0.2) is 30.5 Å². The average molecular weight is 457 g/mol. The molecule has 9 nitrogen and oxygen atoms in total. The van der Waals surface area contributed by atoms with Crippen LogP contribution in [-0.4, -0.2) is 46.4 Å². The smallest absolute Gasteiger partial charge is 0.409 e. The van der Waals surface area contributed by atoms with Gasteiger partial charge in [-0.05, 0) is 48.9 Å². The highest BCUT2D eigenvalue weighted by atomic mass is 19.1. The number of hydrogen-bond donors (Lipinski definition) is 2. The van der Waals surface area contributed by atoms with Gasteiger partial charge in [-0.3, -0.25) is 9.48 Å². The standard InChI is InChI=1S/C23H29FN6O3/c1-15(2)14-33-23(32)29-11-8-16(9-12-29)20(7-10-25)30-13-19(21(26)31)22(28-30)27-18-5-3-17(24)4-6-18/h3-6,13,15-16,20H,7-9,11-12,14H2,1-2H3,(H2,26,31)(H,27,28)/t20-/m1/s1. The number of likely N-dealkylation sites (tertiary alicyclic amines) is 1.